The molecule has 4 rings (SSSR count). The van der Waals surface area contributed by atoms with Crippen LogP contribution < -0.4 is 0 Å². The quantitative estimate of drug-likeness (QED) is 0.785. The van der Waals surface area contributed by atoms with E-state index < -0.39 is 10.0 Å². The molecule has 0 radical (unpaired) electrons. The molecular weight excluding hydrogens is 376 g/mol. The third-order valence-electron chi connectivity index (χ3n) is 5.67. The predicted molar refractivity (Wildman–Crippen MR) is 106 cm³/mol. The Kier molecular flexibility index (Phi) is 4.79. The number of piperazine rings is 1. The fourth-order valence-corrected chi connectivity index (χ4v) is 5.61. The first-order valence-electron chi connectivity index (χ1n) is 9.67. The van der Waals surface area contributed by atoms with E-state index in [0.717, 1.165) is 29.7 Å². The normalized spacial score (nSPS) is 18.5. The first-order chi connectivity index (χ1) is 13.3. The number of benzene rings is 1. The molecule has 1 saturated heterocycles. The summed E-state index contributed by atoms with van der Waals surface area (Å²) in [5, 5.41) is 4.27. The first-order valence-corrected chi connectivity index (χ1v) is 11.1. The van der Waals surface area contributed by atoms with Crippen molar-refractivity contribution in [3.05, 3.63) is 46.8 Å². The molecule has 150 valence electrons. The van der Waals surface area contributed by atoms with E-state index in [1.54, 1.807) is 21.8 Å². The molecule has 0 bridgehead atoms. The van der Waals surface area contributed by atoms with Crippen LogP contribution in [0.25, 0.3) is 0 Å². The second-order valence-electron chi connectivity index (χ2n) is 7.81. The molecule has 2 heterocycles. The van der Waals surface area contributed by atoms with Crippen molar-refractivity contribution in [3.63, 3.8) is 0 Å². The van der Waals surface area contributed by atoms with Crippen molar-refractivity contribution in [2.45, 2.75) is 37.5 Å². The van der Waals surface area contributed by atoms with Crippen LogP contribution in [0.2, 0.25) is 0 Å². The van der Waals surface area contributed by atoms with Crippen molar-refractivity contribution < 1.29 is 13.2 Å². The molecule has 2 fully saturated rings. The molecule has 2 aromatic rings. The molecule has 1 aromatic carbocycles. The maximum absolute atomic E-state index is 13.1. The van der Waals surface area contributed by atoms with Gasteiger partial charge >= 0.3 is 0 Å². The zero-order valence-corrected chi connectivity index (χ0v) is 17.4. The molecule has 1 aliphatic heterocycles. The van der Waals surface area contributed by atoms with Crippen LogP contribution in [0.15, 0.2) is 29.3 Å². The lowest BCUT2D eigenvalue weighted by Crippen LogP contribution is -2.50. The Labute approximate surface area is 166 Å². The van der Waals surface area contributed by atoms with E-state index in [1.807, 2.05) is 33.0 Å². The number of rotatable bonds is 4. The van der Waals surface area contributed by atoms with Gasteiger partial charge in [0.05, 0.1) is 22.3 Å². The Balaban J connectivity index is 1.49. The maximum Gasteiger partial charge on any atom is 0.257 e. The van der Waals surface area contributed by atoms with E-state index in [1.165, 1.54) is 4.31 Å². The third-order valence-corrected chi connectivity index (χ3v) is 7.71. The number of hydrogen-bond donors (Lipinski definition) is 0. The lowest BCUT2D eigenvalue weighted by Gasteiger charge is -2.34. The minimum atomic E-state index is -3.56. The zero-order chi connectivity index (χ0) is 20.1. The third kappa shape index (κ3) is 3.35. The van der Waals surface area contributed by atoms with Gasteiger partial charge in [0.1, 0.15) is 0 Å². The second-order valence-corrected chi connectivity index (χ2v) is 9.71. The largest absolute Gasteiger partial charge is 0.336 e. The van der Waals surface area contributed by atoms with Crippen molar-refractivity contribution in [1.82, 2.24) is 19.0 Å². The van der Waals surface area contributed by atoms with E-state index in [9.17, 15) is 13.2 Å². The first kappa shape index (κ1) is 19.1. The van der Waals surface area contributed by atoms with Gasteiger partial charge in [0.15, 0.2) is 0 Å². The van der Waals surface area contributed by atoms with Crippen molar-refractivity contribution in [2.24, 2.45) is 7.05 Å². The predicted octanol–water partition coefficient (Wildman–Crippen LogP) is 2.06. The summed E-state index contributed by atoms with van der Waals surface area (Å²) in [5.74, 6) is 0.385. The van der Waals surface area contributed by atoms with Gasteiger partial charge in [-0.05, 0) is 43.9 Å². The van der Waals surface area contributed by atoms with Gasteiger partial charge in [0, 0.05) is 39.1 Å². The summed E-state index contributed by atoms with van der Waals surface area (Å²) in [6.07, 6.45) is 3.85. The Hall–Kier alpha value is -2.19. The van der Waals surface area contributed by atoms with Crippen molar-refractivity contribution in [1.29, 1.82) is 0 Å². The van der Waals surface area contributed by atoms with Gasteiger partial charge in [0.2, 0.25) is 10.0 Å². The highest BCUT2D eigenvalue weighted by molar-refractivity contribution is 7.89. The molecule has 28 heavy (non-hydrogen) atoms. The average Bonchev–Trinajstić information content (AvgIpc) is 3.44. The van der Waals surface area contributed by atoms with E-state index in [2.05, 4.69) is 5.10 Å². The van der Waals surface area contributed by atoms with Gasteiger partial charge in [-0.2, -0.15) is 9.40 Å². The van der Waals surface area contributed by atoms with Crippen LogP contribution in [0, 0.1) is 13.8 Å². The molecule has 2 aliphatic rings. The van der Waals surface area contributed by atoms with Crippen LogP contribution in [-0.2, 0) is 17.1 Å². The number of carbonyl (C=O) groups is 1. The van der Waals surface area contributed by atoms with Crippen LogP contribution in [0.1, 0.15) is 45.9 Å². The minimum absolute atomic E-state index is 0.0428. The highest BCUT2D eigenvalue weighted by atomic mass is 32.2. The highest BCUT2D eigenvalue weighted by Gasteiger charge is 2.35. The molecule has 7 nitrogen and oxygen atoms in total. The van der Waals surface area contributed by atoms with E-state index in [-0.39, 0.29) is 5.91 Å². The number of carbonyl (C=O) groups excluding carboxylic acids is 1. The molecule has 1 amide bonds. The molecule has 0 N–H and O–H groups in total. The fourth-order valence-electron chi connectivity index (χ4n) is 3.88. The van der Waals surface area contributed by atoms with Gasteiger partial charge in [-0.15, -0.1) is 0 Å². The minimum Gasteiger partial charge on any atom is -0.336 e. The summed E-state index contributed by atoms with van der Waals surface area (Å²) in [5.41, 5.74) is 3.34. The molecular formula is C20H26N4O3S. The fraction of sp³-hybridized carbons (Fsp3) is 0.500. The van der Waals surface area contributed by atoms with Crippen LogP contribution in [0.3, 0.4) is 0 Å². The number of amides is 1. The van der Waals surface area contributed by atoms with E-state index in [0.29, 0.717) is 42.6 Å². The second kappa shape index (κ2) is 7.00. The van der Waals surface area contributed by atoms with Crippen molar-refractivity contribution in [3.8, 4) is 0 Å². The lowest BCUT2D eigenvalue weighted by molar-refractivity contribution is 0.0696. The van der Waals surface area contributed by atoms with Crippen LogP contribution in [0.4, 0.5) is 0 Å². The van der Waals surface area contributed by atoms with Crippen molar-refractivity contribution >= 4 is 15.9 Å². The number of sulfonamides is 1. The summed E-state index contributed by atoms with van der Waals surface area (Å²) in [6, 6.07) is 5.47. The van der Waals surface area contributed by atoms with Crippen LogP contribution in [-0.4, -0.2) is 59.5 Å². The molecule has 0 atom stereocenters. The van der Waals surface area contributed by atoms with E-state index >= 15 is 0 Å². The zero-order valence-electron chi connectivity index (χ0n) is 16.6. The summed E-state index contributed by atoms with van der Waals surface area (Å²) >= 11 is 0. The standard InChI is InChI=1S/C20H26N4O3S/c1-14-4-5-15(2)18(12-14)28(26,27)24-10-8-23(9-11-24)20(25)17-13-21-22(3)19(17)16-6-7-16/h4-5,12-13,16H,6-11H2,1-3H3. The summed E-state index contributed by atoms with van der Waals surface area (Å²) < 4.78 is 29.4. The Morgan fingerprint density at radius 3 is 2.43 bits per heavy atom. The molecule has 0 spiro atoms. The van der Waals surface area contributed by atoms with Gasteiger partial charge in [-0.3, -0.25) is 9.48 Å². The Morgan fingerprint density at radius 1 is 1.11 bits per heavy atom. The topological polar surface area (TPSA) is 75.5 Å². The van der Waals surface area contributed by atoms with E-state index in [4.69, 9.17) is 0 Å². The lowest BCUT2D eigenvalue weighted by atomic mass is 10.1. The van der Waals surface area contributed by atoms with Crippen LogP contribution >= 0.6 is 0 Å². The molecule has 1 aliphatic carbocycles. The van der Waals surface area contributed by atoms with Gasteiger partial charge < -0.3 is 4.90 Å². The number of hydrogen-bond acceptors (Lipinski definition) is 4. The summed E-state index contributed by atoms with van der Waals surface area (Å²) in [7, 11) is -1.68. The molecule has 1 aromatic heterocycles. The SMILES string of the molecule is Cc1ccc(C)c(S(=O)(=O)N2CCN(C(=O)c3cnn(C)c3C3CC3)CC2)c1. The molecule has 1 saturated carbocycles. The summed E-state index contributed by atoms with van der Waals surface area (Å²) in [6.45, 7) is 5.10. The highest BCUT2D eigenvalue weighted by Crippen LogP contribution is 2.41. The van der Waals surface area contributed by atoms with Gasteiger partial charge in [-0.1, -0.05) is 12.1 Å². The van der Waals surface area contributed by atoms with Gasteiger partial charge in [-0.25, -0.2) is 8.42 Å². The Morgan fingerprint density at radius 2 is 1.79 bits per heavy atom. The molecule has 0 unspecified atom stereocenters. The summed E-state index contributed by atoms with van der Waals surface area (Å²) in [4.78, 5) is 15.1. The monoisotopic (exact) mass is 402 g/mol. The average molecular weight is 403 g/mol. The number of aromatic nitrogens is 2. The van der Waals surface area contributed by atoms with Crippen molar-refractivity contribution in [2.75, 3.05) is 26.2 Å². The van der Waals surface area contributed by atoms with Gasteiger partial charge in [0.25, 0.3) is 5.91 Å². The Bertz CT molecular complexity index is 1020. The smallest absolute Gasteiger partial charge is 0.257 e. The van der Waals surface area contributed by atoms with Crippen LogP contribution in [0.5, 0.6) is 0 Å². The molecule has 8 heteroatoms. The maximum atomic E-state index is 13.1. The number of aryl methyl sites for hydroxylation is 3. The number of nitrogens with zero attached hydrogens (tertiary/aromatic N) is 4.